The van der Waals surface area contributed by atoms with Gasteiger partial charge in [0.1, 0.15) is 5.82 Å². The summed E-state index contributed by atoms with van der Waals surface area (Å²) in [5, 5.41) is 0. The quantitative estimate of drug-likeness (QED) is 0.798. The van der Waals surface area contributed by atoms with E-state index < -0.39 is 0 Å². The van der Waals surface area contributed by atoms with Gasteiger partial charge in [-0.05, 0) is 24.6 Å². The first-order chi connectivity index (χ1) is 8.26. The standard InChI is InChI=1S/C13H19N3O/c1-3-17-7-6-13-15-11-5-4-10(9-14)8-12(11)16(13)2/h4-5,8H,3,6-7,9,14H2,1-2H3. The van der Waals surface area contributed by atoms with Crippen LogP contribution in [0.5, 0.6) is 0 Å². The average molecular weight is 233 g/mol. The zero-order valence-corrected chi connectivity index (χ0v) is 10.4. The molecule has 0 saturated heterocycles. The summed E-state index contributed by atoms with van der Waals surface area (Å²) in [6.07, 6.45) is 0.844. The molecule has 92 valence electrons. The van der Waals surface area contributed by atoms with Gasteiger partial charge in [0.05, 0.1) is 17.6 Å². The second kappa shape index (κ2) is 5.29. The molecule has 4 heteroatoms. The van der Waals surface area contributed by atoms with E-state index in [1.54, 1.807) is 0 Å². The Morgan fingerprint density at radius 2 is 2.24 bits per heavy atom. The number of ether oxygens (including phenoxy) is 1. The monoisotopic (exact) mass is 233 g/mol. The molecule has 0 bridgehead atoms. The molecule has 1 aromatic carbocycles. The first kappa shape index (κ1) is 12.1. The molecule has 17 heavy (non-hydrogen) atoms. The number of benzene rings is 1. The Morgan fingerprint density at radius 1 is 1.41 bits per heavy atom. The van der Waals surface area contributed by atoms with E-state index in [0.717, 1.165) is 42.1 Å². The summed E-state index contributed by atoms with van der Waals surface area (Å²) in [5.74, 6) is 1.06. The zero-order valence-electron chi connectivity index (χ0n) is 10.4. The van der Waals surface area contributed by atoms with E-state index in [0.29, 0.717) is 6.54 Å². The zero-order chi connectivity index (χ0) is 12.3. The molecule has 0 unspecified atom stereocenters. The molecule has 0 amide bonds. The average Bonchev–Trinajstić information content (AvgIpc) is 2.66. The lowest BCUT2D eigenvalue weighted by molar-refractivity contribution is 0.149. The first-order valence-electron chi connectivity index (χ1n) is 5.98. The minimum Gasteiger partial charge on any atom is -0.381 e. The summed E-state index contributed by atoms with van der Waals surface area (Å²) in [5.41, 5.74) is 8.94. The van der Waals surface area contributed by atoms with Gasteiger partial charge in [0.25, 0.3) is 0 Å². The molecule has 0 spiro atoms. The molecule has 0 fully saturated rings. The van der Waals surface area contributed by atoms with Gasteiger partial charge in [-0.1, -0.05) is 6.07 Å². The first-order valence-corrected chi connectivity index (χ1v) is 5.98. The molecule has 0 aliphatic rings. The van der Waals surface area contributed by atoms with Gasteiger partial charge < -0.3 is 15.0 Å². The molecule has 4 nitrogen and oxygen atoms in total. The van der Waals surface area contributed by atoms with Crippen LogP contribution in [-0.2, 0) is 24.8 Å². The van der Waals surface area contributed by atoms with Gasteiger partial charge >= 0.3 is 0 Å². The number of imidazole rings is 1. The highest BCUT2D eigenvalue weighted by atomic mass is 16.5. The molecule has 1 heterocycles. The number of aromatic nitrogens is 2. The molecular formula is C13H19N3O. The van der Waals surface area contributed by atoms with Crippen LogP contribution in [0.25, 0.3) is 11.0 Å². The molecule has 0 saturated carbocycles. The molecule has 0 aliphatic carbocycles. The summed E-state index contributed by atoms with van der Waals surface area (Å²) < 4.78 is 7.48. The van der Waals surface area contributed by atoms with Crippen LogP contribution in [0.15, 0.2) is 18.2 Å². The van der Waals surface area contributed by atoms with Crippen molar-refractivity contribution in [2.45, 2.75) is 19.9 Å². The lowest BCUT2D eigenvalue weighted by atomic mass is 10.2. The highest BCUT2D eigenvalue weighted by molar-refractivity contribution is 5.76. The predicted molar refractivity (Wildman–Crippen MR) is 68.8 cm³/mol. The fraction of sp³-hybridized carbons (Fsp3) is 0.462. The SMILES string of the molecule is CCOCCc1nc2ccc(CN)cc2n1C. The number of nitrogens with zero attached hydrogens (tertiary/aromatic N) is 2. The fourth-order valence-corrected chi connectivity index (χ4v) is 1.94. The number of hydrogen-bond acceptors (Lipinski definition) is 3. The second-order valence-electron chi connectivity index (χ2n) is 4.06. The highest BCUT2D eigenvalue weighted by Gasteiger charge is 2.07. The summed E-state index contributed by atoms with van der Waals surface area (Å²) in [4.78, 5) is 4.60. The Bertz CT molecular complexity index is 505. The molecule has 2 rings (SSSR count). The maximum atomic E-state index is 5.65. The largest absolute Gasteiger partial charge is 0.381 e. The maximum absolute atomic E-state index is 5.65. The molecule has 1 aromatic heterocycles. The van der Waals surface area contributed by atoms with Crippen molar-refractivity contribution in [3.05, 3.63) is 29.6 Å². The van der Waals surface area contributed by atoms with Gasteiger partial charge in [-0.3, -0.25) is 0 Å². The summed E-state index contributed by atoms with van der Waals surface area (Å²) in [6, 6.07) is 6.16. The lowest BCUT2D eigenvalue weighted by Gasteiger charge is -2.03. The third-order valence-corrected chi connectivity index (χ3v) is 2.95. The van der Waals surface area contributed by atoms with Crippen LogP contribution in [0.4, 0.5) is 0 Å². The Balaban J connectivity index is 2.29. The van der Waals surface area contributed by atoms with Crippen LogP contribution >= 0.6 is 0 Å². The summed E-state index contributed by atoms with van der Waals surface area (Å²) in [7, 11) is 2.04. The van der Waals surface area contributed by atoms with Crippen molar-refractivity contribution in [1.82, 2.24) is 9.55 Å². The van der Waals surface area contributed by atoms with Crippen molar-refractivity contribution in [3.63, 3.8) is 0 Å². The van der Waals surface area contributed by atoms with E-state index in [1.165, 1.54) is 0 Å². The van der Waals surface area contributed by atoms with Gasteiger partial charge in [-0.2, -0.15) is 0 Å². The number of rotatable bonds is 5. The van der Waals surface area contributed by atoms with Gasteiger partial charge in [0, 0.05) is 26.6 Å². The van der Waals surface area contributed by atoms with Gasteiger partial charge in [-0.25, -0.2) is 4.98 Å². The molecule has 0 radical (unpaired) electrons. The highest BCUT2D eigenvalue weighted by Crippen LogP contribution is 2.17. The minimum absolute atomic E-state index is 0.565. The third-order valence-electron chi connectivity index (χ3n) is 2.95. The van der Waals surface area contributed by atoms with Gasteiger partial charge in [-0.15, -0.1) is 0 Å². The number of hydrogen-bond donors (Lipinski definition) is 1. The van der Waals surface area contributed by atoms with Crippen LogP contribution in [0, 0.1) is 0 Å². The smallest absolute Gasteiger partial charge is 0.111 e. The van der Waals surface area contributed by atoms with Gasteiger partial charge in [0.2, 0.25) is 0 Å². The summed E-state index contributed by atoms with van der Waals surface area (Å²) >= 11 is 0. The molecule has 2 aromatic rings. The van der Waals surface area contributed by atoms with E-state index in [-0.39, 0.29) is 0 Å². The van der Waals surface area contributed by atoms with Crippen molar-refractivity contribution < 1.29 is 4.74 Å². The van der Waals surface area contributed by atoms with Crippen molar-refractivity contribution in [2.75, 3.05) is 13.2 Å². The van der Waals surface area contributed by atoms with Crippen LogP contribution in [0.1, 0.15) is 18.3 Å². The normalized spacial score (nSPS) is 11.2. The Kier molecular flexibility index (Phi) is 3.76. The van der Waals surface area contributed by atoms with Crippen LogP contribution in [-0.4, -0.2) is 22.8 Å². The topological polar surface area (TPSA) is 53.1 Å². The van der Waals surface area contributed by atoms with Crippen molar-refractivity contribution in [3.8, 4) is 0 Å². The van der Waals surface area contributed by atoms with Crippen molar-refractivity contribution >= 4 is 11.0 Å². The lowest BCUT2D eigenvalue weighted by Crippen LogP contribution is -2.04. The van der Waals surface area contributed by atoms with Crippen LogP contribution in [0.3, 0.4) is 0 Å². The van der Waals surface area contributed by atoms with Crippen LogP contribution in [0.2, 0.25) is 0 Å². The predicted octanol–water partition coefficient (Wildman–Crippen LogP) is 1.61. The number of nitrogens with two attached hydrogens (primary N) is 1. The number of fused-ring (bicyclic) bond motifs is 1. The molecular weight excluding hydrogens is 214 g/mol. The molecule has 0 aliphatic heterocycles. The Labute approximate surface area is 101 Å². The molecule has 0 atom stereocenters. The van der Waals surface area contributed by atoms with Crippen molar-refractivity contribution in [2.24, 2.45) is 12.8 Å². The summed E-state index contributed by atoms with van der Waals surface area (Å²) in [6.45, 7) is 4.04. The maximum Gasteiger partial charge on any atom is 0.111 e. The minimum atomic E-state index is 0.565. The van der Waals surface area contributed by atoms with E-state index in [1.807, 2.05) is 26.1 Å². The van der Waals surface area contributed by atoms with E-state index >= 15 is 0 Å². The Morgan fingerprint density at radius 3 is 2.94 bits per heavy atom. The van der Waals surface area contributed by atoms with Gasteiger partial charge in [0.15, 0.2) is 0 Å². The number of aryl methyl sites for hydroxylation is 1. The van der Waals surface area contributed by atoms with E-state index in [9.17, 15) is 0 Å². The Hall–Kier alpha value is -1.39. The fourth-order valence-electron chi connectivity index (χ4n) is 1.94. The second-order valence-corrected chi connectivity index (χ2v) is 4.06. The van der Waals surface area contributed by atoms with Crippen molar-refractivity contribution in [1.29, 1.82) is 0 Å². The van der Waals surface area contributed by atoms with E-state index in [2.05, 4.69) is 15.6 Å². The van der Waals surface area contributed by atoms with Crippen LogP contribution < -0.4 is 5.73 Å². The molecule has 2 N–H and O–H groups in total. The van der Waals surface area contributed by atoms with E-state index in [4.69, 9.17) is 10.5 Å². The third kappa shape index (κ3) is 2.48.